The number of halogens is 4. The molecule has 9 heteroatoms. The van der Waals surface area contributed by atoms with Gasteiger partial charge in [-0.25, -0.2) is 12.8 Å². The van der Waals surface area contributed by atoms with Crippen LogP contribution in [0.25, 0.3) is 0 Å². The fourth-order valence-corrected chi connectivity index (χ4v) is 2.64. The molecule has 0 radical (unpaired) electrons. The summed E-state index contributed by atoms with van der Waals surface area (Å²) in [5.74, 6) is -1.21. The van der Waals surface area contributed by atoms with E-state index in [-0.39, 0.29) is 6.07 Å². The number of alkyl halides is 3. The quantitative estimate of drug-likeness (QED) is 0.868. The number of hydrogen-bond acceptors (Lipinski definition) is 3. The molecular formula is C10H8F4N2O2S. The Morgan fingerprint density at radius 1 is 1.37 bits per heavy atom. The largest absolute Gasteiger partial charge is 0.417 e. The first-order chi connectivity index (χ1) is 8.58. The lowest BCUT2D eigenvalue weighted by atomic mass is 10.2. The molecule has 1 N–H and O–H groups in total. The van der Waals surface area contributed by atoms with Crippen molar-refractivity contribution in [2.24, 2.45) is 0 Å². The number of hydrogen-bond donors (Lipinski definition) is 1. The summed E-state index contributed by atoms with van der Waals surface area (Å²) < 4.78 is 75.9. The van der Waals surface area contributed by atoms with Crippen LogP contribution in [-0.4, -0.2) is 14.5 Å². The Hall–Kier alpha value is -1.66. The molecule has 0 spiro atoms. The molecule has 0 bridgehead atoms. The van der Waals surface area contributed by atoms with E-state index >= 15 is 0 Å². The van der Waals surface area contributed by atoms with Crippen LogP contribution in [0, 0.1) is 17.1 Å². The van der Waals surface area contributed by atoms with Crippen LogP contribution in [-0.2, 0) is 16.2 Å². The summed E-state index contributed by atoms with van der Waals surface area (Å²) in [7, 11) is -4.56. The zero-order chi connectivity index (χ0) is 14.8. The first kappa shape index (κ1) is 15.4. The van der Waals surface area contributed by atoms with E-state index in [0.717, 1.165) is 6.92 Å². The zero-order valence-electron chi connectivity index (χ0n) is 9.49. The van der Waals surface area contributed by atoms with Gasteiger partial charge in [0.25, 0.3) is 0 Å². The summed E-state index contributed by atoms with van der Waals surface area (Å²) >= 11 is 0. The topological polar surface area (TPSA) is 70.0 Å². The minimum atomic E-state index is -5.03. The molecule has 1 atom stereocenters. The van der Waals surface area contributed by atoms with Gasteiger partial charge in [-0.15, -0.1) is 0 Å². The first-order valence-corrected chi connectivity index (χ1v) is 6.35. The molecule has 0 amide bonds. The summed E-state index contributed by atoms with van der Waals surface area (Å²) in [5, 5.41) is 8.46. The minimum absolute atomic E-state index is 0.0889. The van der Waals surface area contributed by atoms with Gasteiger partial charge in [0, 0.05) is 0 Å². The zero-order valence-corrected chi connectivity index (χ0v) is 10.3. The highest BCUT2D eigenvalue weighted by Crippen LogP contribution is 2.34. The van der Waals surface area contributed by atoms with Gasteiger partial charge in [-0.05, 0) is 25.1 Å². The average molecular weight is 296 g/mol. The predicted molar refractivity (Wildman–Crippen MR) is 56.8 cm³/mol. The smallest absolute Gasteiger partial charge is 0.207 e. The van der Waals surface area contributed by atoms with Crippen LogP contribution >= 0.6 is 0 Å². The van der Waals surface area contributed by atoms with Crippen molar-refractivity contribution in [3.05, 3.63) is 29.6 Å². The molecule has 0 unspecified atom stereocenters. The lowest BCUT2D eigenvalue weighted by molar-refractivity contribution is -0.140. The highest BCUT2D eigenvalue weighted by atomic mass is 32.2. The molecule has 0 aromatic heterocycles. The van der Waals surface area contributed by atoms with E-state index in [4.69, 9.17) is 5.26 Å². The van der Waals surface area contributed by atoms with E-state index in [1.807, 2.05) is 0 Å². The van der Waals surface area contributed by atoms with Crippen molar-refractivity contribution in [2.75, 3.05) is 0 Å². The summed E-state index contributed by atoms with van der Waals surface area (Å²) in [4.78, 5) is -1.12. The molecule has 1 aromatic carbocycles. The van der Waals surface area contributed by atoms with Crippen LogP contribution in [0.1, 0.15) is 12.5 Å². The van der Waals surface area contributed by atoms with Crippen molar-refractivity contribution in [1.82, 2.24) is 4.72 Å². The average Bonchev–Trinajstić information content (AvgIpc) is 2.26. The van der Waals surface area contributed by atoms with E-state index in [1.165, 1.54) is 6.07 Å². The van der Waals surface area contributed by atoms with Gasteiger partial charge in [0.2, 0.25) is 10.0 Å². The van der Waals surface area contributed by atoms with Crippen LogP contribution in [0.4, 0.5) is 17.6 Å². The van der Waals surface area contributed by atoms with Crippen molar-refractivity contribution in [3.8, 4) is 6.07 Å². The van der Waals surface area contributed by atoms with Gasteiger partial charge in [0.15, 0.2) is 0 Å². The molecule has 0 aliphatic carbocycles. The lowest BCUT2D eigenvalue weighted by Crippen LogP contribution is -2.32. The van der Waals surface area contributed by atoms with Crippen molar-refractivity contribution in [2.45, 2.75) is 24.0 Å². The van der Waals surface area contributed by atoms with Gasteiger partial charge in [-0.2, -0.15) is 23.2 Å². The van der Waals surface area contributed by atoms with Crippen LogP contribution in [0.5, 0.6) is 0 Å². The highest BCUT2D eigenvalue weighted by Gasteiger charge is 2.37. The van der Waals surface area contributed by atoms with Crippen molar-refractivity contribution in [1.29, 1.82) is 5.26 Å². The second kappa shape index (κ2) is 5.14. The third-order valence-electron chi connectivity index (χ3n) is 2.06. The summed E-state index contributed by atoms with van der Waals surface area (Å²) in [5.41, 5.74) is -1.62. The number of benzene rings is 1. The van der Waals surface area contributed by atoms with Gasteiger partial charge in [0.1, 0.15) is 11.9 Å². The maximum Gasteiger partial charge on any atom is 0.417 e. The van der Waals surface area contributed by atoms with Crippen LogP contribution in [0.15, 0.2) is 23.1 Å². The fraction of sp³-hybridized carbons (Fsp3) is 0.300. The molecule has 0 heterocycles. The second-order valence-corrected chi connectivity index (χ2v) is 5.29. The Kier molecular flexibility index (Phi) is 4.17. The molecule has 104 valence electrons. The summed E-state index contributed by atoms with van der Waals surface area (Å²) in [6.07, 6.45) is -5.03. The molecule has 4 nitrogen and oxygen atoms in total. The molecule has 19 heavy (non-hydrogen) atoms. The normalized spacial score (nSPS) is 13.9. The van der Waals surface area contributed by atoms with E-state index in [1.54, 1.807) is 4.72 Å². The number of nitrogens with zero attached hydrogens (tertiary/aromatic N) is 1. The summed E-state index contributed by atoms with van der Waals surface area (Å²) in [6, 6.07) is 1.49. The fourth-order valence-electron chi connectivity index (χ4n) is 1.28. The highest BCUT2D eigenvalue weighted by molar-refractivity contribution is 7.89. The lowest BCUT2D eigenvalue weighted by Gasteiger charge is -2.14. The van der Waals surface area contributed by atoms with Gasteiger partial charge < -0.3 is 0 Å². The number of rotatable bonds is 3. The Balaban J connectivity index is 3.40. The van der Waals surface area contributed by atoms with Gasteiger partial charge >= 0.3 is 6.18 Å². The maximum atomic E-state index is 12.8. The SMILES string of the molecule is C[C@H](C#N)NS(=O)(=O)c1ccc(F)cc1C(F)(F)F. The summed E-state index contributed by atoms with van der Waals surface area (Å²) in [6.45, 7) is 1.16. The maximum absolute atomic E-state index is 12.8. The third-order valence-corrected chi connectivity index (χ3v) is 3.66. The monoisotopic (exact) mass is 296 g/mol. The molecule has 0 aliphatic rings. The molecule has 0 fully saturated rings. The van der Waals surface area contributed by atoms with Crippen molar-refractivity contribution < 1.29 is 26.0 Å². The minimum Gasteiger partial charge on any atom is -0.207 e. The number of sulfonamides is 1. The standard InChI is InChI=1S/C10H8F4N2O2S/c1-6(5-15)16-19(17,18)9-3-2-7(11)4-8(9)10(12,13)14/h2-4,6,16H,1H3/t6-/m1/s1. The van der Waals surface area contributed by atoms with Crippen LogP contribution < -0.4 is 4.72 Å². The molecule has 0 aliphatic heterocycles. The molecule has 1 rings (SSSR count). The van der Waals surface area contributed by atoms with Gasteiger partial charge in [0.05, 0.1) is 16.5 Å². The molecule has 1 aromatic rings. The van der Waals surface area contributed by atoms with Crippen molar-refractivity contribution in [3.63, 3.8) is 0 Å². The second-order valence-electron chi connectivity index (χ2n) is 3.61. The first-order valence-electron chi connectivity index (χ1n) is 4.86. The van der Waals surface area contributed by atoms with Crippen LogP contribution in [0.3, 0.4) is 0 Å². The Labute approximate surface area is 106 Å². The van der Waals surface area contributed by atoms with E-state index in [0.29, 0.717) is 12.1 Å². The van der Waals surface area contributed by atoms with Gasteiger partial charge in [-0.3, -0.25) is 0 Å². The van der Waals surface area contributed by atoms with Crippen molar-refractivity contribution >= 4 is 10.0 Å². The predicted octanol–water partition coefficient (Wildman–Crippen LogP) is 2.03. The van der Waals surface area contributed by atoms with E-state index in [2.05, 4.69) is 0 Å². The molecular weight excluding hydrogens is 288 g/mol. The van der Waals surface area contributed by atoms with Gasteiger partial charge in [-0.1, -0.05) is 0 Å². The number of nitriles is 1. The van der Waals surface area contributed by atoms with E-state index in [9.17, 15) is 26.0 Å². The van der Waals surface area contributed by atoms with Crippen LogP contribution in [0.2, 0.25) is 0 Å². The Morgan fingerprint density at radius 3 is 2.42 bits per heavy atom. The van der Waals surface area contributed by atoms with E-state index < -0.39 is 38.5 Å². The Bertz CT molecular complexity index is 619. The third kappa shape index (κ3) is 3.65. The molecule has 0 saturated heterocycles. The Morgan fingerprint density at radius 2 is 1.95 bits per heavy atom. The number of nitrogens with one attached hydrogen (secondary N) is 1. The molecule has 0 saturated carbocycles.